The van der Waals surface area contributed by atoms with Gasteiger partial charge in [0.05, 0.1) is 13.2 Å². The molecule has 40 heavy (non-hydrogen) atoms. The van der Waals surface area contributed by atoms with Crippen LogP contribution < -0.4 is 9.64 Å². The summed E-state index contributed by atoms with van der Waals surface area (Å²) in [6.07, 6.45) is 3.54. The molecule has 1 saturated heterocycles. The first kappa shape index (κ1) is 24.2. The summed E-state index contributed by atoms with van der Waals surface area (Å²) in [5.74, 6) is -1.56. The van der Waals surface area contributed by atoms with Crippen molar-refractivity contribution in [2.75, 3.05) is 12.0 Å². The van der Waals surface area contributed by atoms with Crippen LogP contribution in [0, 0.1) is 11.2 Å². The van der Waals surface area contributed by atoms with Crippen molar-refractivity contribution in [3.05, 3.63) is 137 Å². The lowest BCUT2D eigenvalue weighted by Crippen LogP contribution is -2.48. The molecule has 0 unspecified atom stereocenters. The lowest BCUT2D eigenvalue weighted by Gasteiger charge is -2.37. The van der Waals surface area contributed by atoms with Gasteiger partial charge < -0.3 is 9.64 Å². The maximum absolute atomic E-state index is 14.6. The van der Waals surface area contributed by atoms with Crippen LogP contribution in [-0.4, -0.2) is 36.5 Å². The van der Waals surface area contributed by atoms with Gasteiger partial charge in [-0.05, 0) is 35.9 Å². The Labute approximate surface area is 230 Å². The van der Waals surface area contributed by atoms with Gasteiger partial charge in [0.25, 0.3) is 0 Å². The third-order valence-electron chi connectivity index (χ3n) is 8.55. The summed E-state index contributed by atoms with van der Waals surface area (Å²) < 4.78 is 19.9. The van der Waals surface area contributed by atoms with Crippen LogP contribution in [0.4, 0.5) is 10.1 Å². The van der Waals surface area contributed by atoms with Crippen LogP contribution in [0.25, 0.3) is 6.08 Å². The molecule has 1 spiro atoms. The molecule has 3 atom stereocenters. The van der Waals surface area contributed by atoms with Crippen LogP contribution >= 0.6 is 0 Å². The molecule has 2 aliphatic heterocycles. The molecule has 196 valence electrons. The lowest BCUT2D eigenvalue weighted by molar-refractivity contribution is 0.0665. The Morgan fingerprint density at radius 1 is 0.850 bits per heavy atom. The van der Waals surface area contributed by atoms with E-state index in [1.807, 2.05) is 17.0 Å². The molecule has 0 aromatic heterocycles. The average molecular weight is 530 g/mol. The van der Waals surface area contributed by atoms with Crippen molar-refractivity contribution in [2.24, 2.45) is 5.41 Å². The largest absolute Gasteiger partial charge is 0.497 e. The average Bonchev–Trinajstić information content (AvgIpc) is 3.43. The molecule has 0 bridgehead atoms. The minimum Gasteiger partial charge on any atom is -0.497 e. The minimum atomic E-state index is -1.62. The van der Waals surface area contributed by atoms with Gasteiger partial charge in [-0.2, -0.15) is 0 Å². The number of ether oxygens (including phenoxy) is 1. The van der Waals surface area contributed by atoms with Gasteiger partial charge in [-0.3, -0.25) is 14.4 Å². The number of carbonyl (C=O) groups excluding carboxylic acids is 3. The number of Topliss-reactive ketones (excluding diaryl/α,β-unsaturated/α-hetero) is 3. The molecular formula is C34H24FNO4. The zero-order chi connectivity index (χ0) is 27.6. The van der Waals surface area contributed by atoms with E-state index in [1.165, 1.54) is 12.1 Å². The number of methoxy groups -OCH3 is 1. The Kier molecular flexibility index (Phi) is 5.36. The second-order valence-corrected chi connectivity index (χ2v) is 10.4. The van der Waals surface area contributed by atoms with Gasteiger partial charge in [-0.1, -0.05) is 78.9 Å². The van der Waals surface area contributed by atoms with Crippen LogP contribution in [0.1, 0.15) is 48.1 Å². The number of fused-ring (bicyclic) bond motifs is 5. The van der Waals surface area contributed by atoms with E-state index in [0.717, 1.165) is 0 Å². The van der Waals surface area contributed by atoms with Crippen molar-refractivity contribution in [3.8, 4) is 5.75 Å². The van der Waals surface area contributed by atoms with Crippen LogP contribution in [0.2, 0.25) is 0 Å². The predicted molar refractivity (Wildman–Crippen MR) is 150 cm³/mol. The topological polar surface area (TPSA) is 63.7 Å². The van der Waals surface area contributed by atoms with Gasteiger partial charge in [0.15, 0.2) is 17.3 Å². The Balaban J connectivity index is 1.56. The van der Waals surface area contributed by atoms with Gasteiger partial charge >= 0.3 is 0 Å². The molecule has 1 fully saturated rings. The highest BCUT2D eigenvalue weighted by molar-refractivity contribution is 6.32. The molecular weight excluding hydrogens is 505 g/mol. The van der Waals surface area contributed by atoms with Gasteiger partial charge in [-0.25, -0.2) is 4.39 Å². The van der Waals surface area contributed by atoms with Crippen molar-refractivity contribution < 1.29 is 23.5 Å². The first-order valence-electron chi connectivity index (χ1n) is 13.1. The summed E-state index contributed by atoms with van der Waals surface area (Å²) >= 11 is 0. The van der Waals surface area contributed by atoms with Gasteiger partial charge in [0.2, 0.25) is 0 Å². The summed E-state index contributed by atoms with van der Waals surface area (Å²) in [6.45, 7) is 0. The first-order chi connectivity index (χ1) is 19.5. The predicted octanol–water partition coefficient (Wildman–Crippen LogP) is 6.15. The molecule has 4 aromatic carbocycles. The molecule has 0 saturated carbocycles. The first-order valence-corrected chi connectivity index (χ1v) is 13.1. The zero-order valence-corrected chi connectivity index (χ0v) is 21.6. The fourth-order valence-corrected chi connectivity index (χ4v) is 6.93. The standard InChI is InChI=1S/C34H24FNO4/c1-40-24-11-7-10-22(19-24)29-30(31(37)20-8-3-2-4-9-20)36-27-16-15-23(35)18-21(27)14-17-28(36)34(29)32(38)25-12-5-6-13-26(25)33(34)39/h2-19,28-30H,1H3/t28-,29+,30-/m0/s1. The van der Waals surface area contributed by atoms with Gasteiger partial charge in [0.1, 0.15) is 23.0 Å². The Morgan fingerprint density at radius 3 is 2.25 bits per heavy atom. The second kappa shape index (κ2) is 8.85. The molecule has 0 N–H and O–H groups in total. The van der Waals surface area contributed by atoms with Crippen molar-refractivity contribution in [2.45, 2.75) is 18.0 Å². The highest BCUT2D eigenvalue weighted by atomic mass is 19.1. The van der Waals surface area contributed by atoms with Crippen LogP contribution in [-0.2, 0) is 0 Å². The molecule has 3 aliphatic rings. The monoisotopic (exact) mass is 529 g/mol. The molecule has 7 rings (SSSR count). The number of rotatable bonds is 4. The number of carbonyl (C=O) groups is 3. The molecule has 5 nitrogen and oxygen atoms in total. The second-order valence-electron chi connectivity index (χ2n) is 10.4. The lowest BCUT2D eigenvalue weighted by atomic mass is 9.64. The number of ketones is 3. The Morgan fingerprint density at radius 2 is 1.55 bits per heavy atom. The number of hydrogen-bond donors (Lipinski definition) is 0. The zero-order valence-electron chi connectivity index (χ0n) is 21.6. The summed E-state index contributed by atoms with van der Waals surface area (Å²) in [5, 5.41) is 0. The molecule has 2 heterocycles. The van der Waals surface area contributed by atoms with E-state index < -0.39 is 29.2 Å². The van der Waals surface area contributed by atoms with E-state index in [1.54, 1.807) is 92.1 Å². The summed E-state index contributed by atoms with van der Waals surface area (Å²) in [6, 6.07) is 25.7. The molecule has 6 heteroatoms. The van der Waals surface area contributed by atoms with Crippen molar-refractivity contribution in [1.82, 2.24) is 0 Å². The normalized spacial score (nSPS) is 21.8. The fraction of sp³-hybridized carbons (Fsp3) is 0.147. The van der Waals surface area contributed by atoms with E-state index in [0.29, 0.717) is 39.3 Å². The summed E-state index contributed by atoms with van der Waals surface area (Å²) in [4.78, 5) is 45.6. The summed E-state index contributed by atoms with van der Waals surface area (Å²) in [5.41, 5.74) is 1.38. The third kappa shape index (κ3) is 3.16. The van der Waals surface area contributed by atoms with Gasteiger partial charge in [-0.15, -0.1) is 0 Å². The fourth-order valence-electron chi connectivity index (χ4n) is 6.93. The van der Waals surface area contributed by atoms with Gasteiger partial charge in [0, 0.05) is 33.9 Å². The minimum absolute atomic E-state index is 0.225. The Hall–Kier alpha value is -4.84. The van der Waals surface area contributed by atoms with Crippen molar-refractivity contribution >= 4 is 29.1 Å². The SMILES string of the molecule is COc1cccc([C@@H]2[C@@H](C(=O)c3ccccc3)N3c4ccc(F)cc4C=C[C@H]3C23C(=O)c2ccccc2C3=O)c1. The van der Waals surface area contributed by atoms with E-state index in [9.17, 15) is 18.8 Å². The quantitative estimate of drug-likeness (QED) is 0.234. The van der Waals surface area contributed by atoms with Crippen LogP contribution in [0.3, 0.4) is 0 Å². The van der Waals surface area contributed by atoms with E-state index >= 15 is 0 Å². The molecule has 4 aromatic rings. The number of anilines is 1. The van der Waals surface area contributed by atoms with Crippen LogP contribution in [0.15, 0.2) is 103 Å². The van der Waals surface area contributed by atoms with E-state index in [4.69, 9.17) is 4.74 Å². The Bertz CT molecular complexity index is 1710. The smallest absolute Gasteiger partial charge is 0.185 e. The number of hydrogen-bond acceptors (Lipinski definition) is 5. The van der Waals surface area contributed by atoms with Crippen molar-refractivity contribution in [1.29, 1.82) is 0 Å². The molecule has 0 amide bonds. The van der Waals surface area contributed by atoms with Crippen LogP contribution in [0.5, 0.6) is 5.75 Å². The molecule has 0 radical (unpaired) electrons. The number of benzene rings is 4. The highest BCUT2D eigenvalue weighted by Gasteiger charge is 2.71. The maximum Gasteiger partial charge on any atom is 0.185 e. The molecule has 1 aliphatic carbocycles. The van der Waals surface area contributed by atoms with E-state index in [-0.39, 0.29) is 17.3 Å². The van der Waals surface area contributed by atoms with E-state index in [2.05, 4.69) is 0 Å². The number of halogens is 1. The van der Waals surface area contributed by atoms with Crippen molar-refractivity contribution in [3.63, 3.8) is 0 Å². The number of nitrogens with zero attached hydrogens (tertiary/aromatic N) is 1. The summed E-state index contributed by atoms with van der Waals surface area (Å²) in [7, 11) is 1.55. The maximum atomic E-state index is 14.6. The highest BCUT2D eigenvalue weighted by Crippen LogP contribution is 2.61. The third-order valence-corrected chi connectivity index (χ3v) is 8.55.